The molecule has 1 aromatic rings. The molecule has 0 unspecified atom stereocenters. The number of amides is 1. The molecular formula is C15H21NO2. The minimum absolute atomic E-state index is 0.0104. The van der Waals surface area contributed by atoms with Crippen LogP contribution in [0.2, 0.25) is 0 Å². The van der Waals surface area contributed by atoms with E-state index < -0.39 is 0 Å². The molecule has 0 aliphatic heterocycles. The molecule has 0 saturated heterocycles. The first-order valence-corrected chi connectivity index (χ1v) is 6.79. The van der Waals surface area contributed by atoms with E-state index in [1.165, 1.54) is 18.4 Å². The zero-order valence-corrected chi connectivity index (χ0v) is 10.9. The minimum atomic E-state index is -0.0104. The van der Waals surface area contributed by atoms with E-state index in [4.69, 9.17) is 4.74 Å². The number of aryl methyl sites for hydroxylation is 1. The highest BCUT2D eigenvalue weighted by atomic mass is 16.5. The van der Waals surface area contributed by atoms with Crippen LogP contribution in [0.5, 0.6) is 5.75 Å². The Morgan fingerprint density at radius 2 is 2.17 bits per heavy atom. The van der Waals surface area contributed by atoms with Crippen molar-refractivity contribution in [3.05, 3.63) is 29.8 Å². The molecule has 0 bridgehead atoms. The summed E-state index contributed by atoms with van der Waals surface area (Å²) in [6.07, 6.45) is 5.65. The number of rotatable bonds is 5. The van der Waals surface area contributed by atoms with Gasteiger partial charge in [-0.25, -0.2) is 0 Å². The predicted molar refractivity (Wildman–Crippen MR) is 71.7 cm³/mol. The van der Waals surface area contributed by atoms with Crippen LogP contribution in [0, 0.1) is 0 Å². The Morgan fingerprint density at radius 3 is 2.89 bits per heavy atom. The van der Waals surface area contributed by atoms with Crippen LogP contribution in [0.15, 0.2) is 24.3 Å². The van der Waals surface area contributed by atoms with E-state index in [-0.39, 0.29) is 12.5 Å². The Hall–Kier alpha value is -1.51. The average molecular weight is 247 g/mol. The number of carbonyl (C=O) groups is 1. The van der Waals surface area contributed by atoms with Crippen molar-refractivity contribution in [2.24, 2.45) is 0 Å². The van der Waals surface area contributed by atoms with Crippen LogP contribution in [0.25, 0.3) is 0 Å². The number of carbonyl (C=O) groups excluding carboxylic acids is 1. The van der Waals surface area contributed by atoms with Crippen molar-refractivity contribution >= 4 is 5.91 Å². The normalized spacial score (nSPS) is 15.6. The van der Waals surface area contributed by atoms with Gasteiger partial charge in [0.15, 0.2) is 6.61 Å². The van der Waals surface area contributed by atoms with Crippen LogP contribution in [0.1, 0.15) is 38.2 Å². The highest BCUT2D eigenvalue weighted by Gasteiger charge is 2.17. The van der Waals surface area contributed by atoms with E-state index in [2.05, 4.69) is 18.3 Å². The first-order chi connectivity index (χ1) is 8.78. The van der Waals surface area contributed by atoms with E-state index in [0.29, 0.717) is 6.04 Å². The fourth-order valence-electron chi connectivity index (χ4n) is 2.34. The molecule has 2 rings (SSSR count). The van der Waals surface area contributed by atoms with Gasteiger partial charge < -0.3 is 10.1 Å². The summed E-state index contributed by atoms with van der Waals surface area (Å²) in [4.78, 5) is 11.7. The highest BCUT2D eigenvalue weighted by molar-refractivity contribution is 5.77. The van der Waals surface area contributed by atoms with Crippen LogP contribution >= 0.6 is 0 Å². The van der Waals surface area contributed by atoms with Crippen LogP contribution in [0.3, 0.4) is 0 Å². The Morgan fingerprint density at radius 1 is 1.39 bits per heavy atom. The van der Waals surface area contributed by atoms with Crippen molar-refractivity contribution < 1.29 is 9.53 Å². The van der Waals surface area contributed by atoms with Crippen molar-refractivity contribution in [2.45, 2.75) is 45.1 Å². The second-order valence-corrected chi connectivity index (χ2v) is 4.84. The Balaban J connectivity index is 1.77. The molecule has 1 fully saturated rings. The summed E-state index contributed by atoms with van der Waals surface area (Å²) in [7, 11) is 0. The quantitative estimate of drug-likeness (QED) is 0.868. The lowest BCUT2D eigenvalue weighted by Gasteiger charge is -2.12. The topological polar surface area (TPSA) is 38.3 Å². The lowest BCUT2D eigenvalue weighted by Crippen LogP contribution is -2.36. The number of nitrogens with one attached hydrogen (secondary N) is 1. The van der Waals surface area contributed by atoms with E-state index in [1.807, 2.05) is 18.2 Å². The van der Waals surface area contributed by atoms with Crippen molar-refractivity contribution in [1.29, 1.82) is 0 Å². The van der Waals surface area contributed by atoms with Gasteiger partial charge in [0.25, 0.3) is 5.91 Å². The van der Waals surface area contributed by atoms with Gasteiger partial charge in [0.05, 0.1) is 0 Å². The summed E-state index contributed by atoms with van der Waals surface area (Å²) in [5.74, 6) is 0.764. The molecule has 1 aliphatic rings. The molecule has 98 valence electrons. The van der Waals surface area contributed by atoms with Crippen molar-refractivity contribution in [1.82, 2.24) is 5.32 Å². The van der Waals surface area contributed by atoms with Gasteiger partial charge in [0.2, 0.25) is 0 Å². The largest absolute Gasteiger partial charge is 0.484 e. The monoisotopic (exact) mass is 247 g/mol. The van der Waals surface area contributed by atoms with Crippen LogP contribution < -0.4 is 10.1 Å². The summed E-state index contributed by atoms with van der Waals surface area (Å²) >= 11 is 0. The number of hydrogen-bond donors (Lipinski definition) is 1. The smallest absolute Gasteiger partial charge is 0.258 e. The third-order valence-electron chi connectivity index (χ3n) is 3.40. The van der Waals surface area contributed by atoms with E-state index >= 15 is 0 Å². The molecular weight excluding hydrogens is 226 g/mol. The maximum Gasteiger partial charge on any atom is 0.258 e. The second-order valence-electron chi connectivity index (χ2n) is 4.84. The molecule has 1 saturated carbocycles. The maximum atomic E-state index is 11.7. The molecule has 1 N–H and O–H groups in total. The standard InChI is InChI=1S/C15H21NO2/c1-2-12-6-5-9-14(10-12)18-11-15(17)16-13-7-3-4-8-13/h5-6,9-10,13H,2-4,7-8,11H2,1H3,(H,16,17). The van der Waals surface area contributed by atoms with Gasteiger partial charge in [0, 0.05) is 6.04 Å². The fraction of sp³-hybridized carbons (Fsp3) is 0.533. The second kappa shape index (κ2) is 6.43. The molecule has 0 aromatic heterocycles. The molecule has 0 heterocycles. The van der Waals surface area contributed by atoms with Gasteiger partial charge in [-0.05, 0) is 37.0 Å². The highest BCUT2D eigenvalue weighted by Crippen LogP contribution is 2.17. The number of hydrogen-bond acceptors (Lipinski definition) is 2. The van der Waals surface area contributed by atoms with Crippen LogP contribution in [-0.4, -0.2) is 18.6 Å². The lowest BCUT2D eigenvalue weighted by molar-refractivity contribution is -0.123. The Labute approximate surface area is 109 Å². The zero-order chi connectivity index (χ0) is 12.8. The fourth-order valence-corrected chi connectivity index (χ4v) is 2.34. The summed E-state index contributed by atoms with van der Waals surface area (Å²) in [5.41, 5.74) is 1.23. The summed E-state index contributed by atoms with van der Waals surface area (Å²) < 4.78 is 5.51. The third kappa shape index (κ3) is 3.76. The van der Waals surface area contributed by atoms with Gasteiger partial charge >= 0.3 is 0 Å². The van der Waals surface area contributed by atoms with Crippen LogP contribution in [-0.2, 0) is 11.2 Å². The minimum Gasteiger partial charge on any atom is -0.484 e. The Kier molecular flexibility index (Phi) is 4.62. The molecule has 18 heavy (non-hydrogen) atoms. The van der Waals surface area contributed by atoms with Gasteiger partial charge in [-0.1, -0.05) is 31.9 Å². The van der Waals surface area contributed by atoms with Crippen molar-refractivity contribution in [3.8, 4) is 5.75 Å². The van der Waals surface area contributed by atoms with E-state index in [9.17, 15) is 4.79 Å². The average Bonchev–Trinajstić information content (AvgIpc) is 2.89. The van der Waals surface area contributed by atoms with E-state index in [0.717, 1.165) is 25.0 Å². The van der Waals surface area contributed by atoms with Gasteiger partial charge in [-0.3, -0.25) is 4.79 Å². The first kappa shape index (κ1) is 12.9. The predicted octanol–water partition coefficient (Wildman–Crippen LogP) is 2.69. The Bertz CT molecular complexity index is 397. The molecule has 0 radical (unpaired) electrons. The maximum absolute atomic E-state index is 11.7. The molecule has 1 aromatic carbocycles. The van der Waals surface area contributed by atoms with Gasteiger partial charge in [-0.2, -0.15) is 0 Å². The summed E-state index contributed by atoms with van der Waals surface area (Å²) in [6, 6.07) is 8.27. The lowest BCUT2D eigenvalue weighted by atomic mass is 10.2. The van der Waals surface area contributed by atoms with Crippen molar-refractivity contribution in [2.75, 3.05) is 6.61 Å². The third-order valence-corrected chi connectivity index (χ3v) is 3.40. The first-order valence-electron chi connectivity index (χ1n) is 6.79. The molecule has 3 heteroatoms. The van der Waals surface area contributed by atoms with Gasteiger partial charge in [0.1, 0.15) is 5.75 Å². The molecule has 0 spiro atoms. The number of benzene rings is 1. The SMILES string of the molecule is CCc1cccc(OCC(=O)NC2CCCC2)c1. The molecule has 1 aliphatic carbocycles. The number of ether oxygens (including phenoxy) is 1. The van der Waals surface area contributed by atoms with Gasteiger partial charge in [-0.15, -0.1) is 0 Å². The van der Waals surface area contributed by atoms with E-state index in [1.54, 1.807) is 0 Å². The summed E-state index contributed by atoms with van der Waals surface area (Å²) in [5, 5.41) is 3.01. The zero-order valence-electron chi connectivity index (χ0n) is 10.9. The van der Waals surface area contributed by atoms with Crippen molar-refractivity contribution in [3.63, 3.8) is 0 Å². The molecule has 1 amide bonds. The summed E-state index contributed by atoms with van der Waals surface area (Å²) in [6.45, 7) is 2.22. The molecule has 0 atom stereocenters. The molecule has 3 nitrogen and oxygen atoms in total. The van der Waals surface area contributed by atoms with Crippen LogP contribution in [0.4, 0.5) is 0 Å².